The largest absolute Gasteiger partial charge is 0.476 e. The molecule has 0 fully saturated rings. The van der Waals surface area contributed by atoms with Crippen LogP contribution < -0.4 is 0 Å². The third-order valence-electron chi connectivity index (χ3n) is 2.52. The molecular weight excluding hydrogens is 306 g/mol. The summed E-state index contributed by atoms with van der Waals surface area (Å²) in [5, 5.41) is 15.8. The van der Waals surface area contributed by atoms with Gasteiger partial charge in [0.2, 0.25) is 0 Å². The fourth-order valence-electron chi connectivity index (χ4n) is 1.53. The summed E-state index contributed by atoms with van der Waals surface area (Å²) in [5.41, 5.74) is -0.236. The first-order valence-corrected chi connectivity index (χ1v) is 7.54. The molecule has 2 rings (SSSR count). The van der Waals surface area contributed by atoms with E-state index in [0.29, 0.717) is 0 Å². The number of rotatable bonds is 5. The lowest BCUT2D eigenvalue weighted by molar-refractivity contribution is 0.0690. The van der Waals surface area contributed by atoms with E-state index in [9.17, 15) is 13.2 Å². The first kappa shape index (κ1) is 14.5. The van der Waals surface area contributed by atoms with Crippen LogP contribution in [-0.4, -0.2) is 40.2 Å². The maximum Gasteiger partial charge on any atom is 0.358 e. The molecule has 0 aliphatic carbocycles. The Labute approximate surface area is 119 Å². The number of benzene rings is 1. The Balaban J connectivity index is 2.13. The number of aromatic carboxylic acids is 1. The van der Waals surface area contributed by atoms with Crippen molar-refractivity contribution >= 4 is 27.4 Å². The summed E-state index contributed by atoms with van der Waals surface area (Å²) in [5.74, 6) is -1.47. The smallest absolute Gasteiger partial charge is 0.358 e. The second kappa shape index (κ2) is 5.59. The minimum absolute atomic E-state index is 0.00611. The van der Waals surface area contributed by atoms with E-state index in [-0.39, 0.29) is 27.9 Å². The predicted molar refractivity (Wildman–Crippen MR) is 70.5 cm³/mol. The molecule has 1 aromatic carbocycles. The number of nitrogens with zero attached hydrogens (tertiary/aromatic N) is 3. The van der Waals surface area contributed by atoms with Gasteiger partial charge in [0.25, 0.3) is 0 Å². The van der Waals surface area contributed by atoms with Crippen LogP contribution in [0.5, 0.6) is 0 Å². The minimum Gasteiger partial charge on any atom is -0.476 e. The summed E-state index contributed by atoms with van der Waals surface area (Å²) in [7, 11) is -3.57. The van der Waals surface area contributed by atoms with Crippen molar-refractivity contribution in [2.75, 3.05) is 5.75 Å². The number of carbonyl (C=O) groups is 1. The number of carboxylic acids is 1. The van der Waals surface area contributed by atoms with Gasteiger partial charge < -0.3 is 5.11 Å². The van der Waals surface area contributed by atoms with E-state index in [1.54, 1.807) is 12.1 Å². The highest BCUT2D eigenvalue weighted by Crippen LogP contribution is 2.21. The molecule has 2 aromatic rings. The maximum absolute atomic E-state index is 12.1. The van der Waals surface area contributed by atoms with Gasteiger partial charge >= 0.3 is 5.97 Å². The Morgan fingerprint density at radius 3 is 2.65 bits per heavy atom. The van der Waals surface area contributed by atoms with Crippen LogP contribution in [0.2, 0.25) is 5.02 Å². The van der Waals surface area contributed by atoms with Gasteiger partial charge in [-0.2, -0.15) is 0 Å². The zero-order chi connectivity index (χ0) is 14.8. The third-order valence-corrected chi connectivity index (χ3v) is 4.71. The molecule has 0 aliphatic heterocycles. The number of hydrogen-bond acceptors (Lipinski definition) is 5. The summed E-state index contributed by atoms with van der Waals surface area (Å²) in [6.07, 6.45) is 1.17. The Kier molecular flexibility index (Phi) is 4.05. The Hall–Kier alpha value is -1.93. The Morgan fingerprint density at radius 1 is 1.35 bits per heavy atom. The van der Waals surface area contributed by atoms with E-state index in [4.69, 9.17) is 16.7 Å². The molecule has 1 N–H and O–H groups in total. The van der Waals surface area contributed by atoms with Gasteiger partial charge in [0.1, 0.15) is 0 Å². The molecule has 0 unspecified atom stereocenters. The zero-order valence-corrected chi connectivity index (χ0v) is 11.7. The van der Waals surface area contributed by atoms with Crippen molar-refractivity contribution in [3.05, 3.63) is 41.2 Å². The van der Waals surface area contributed by atoms with Gasteiger partial charge in [-0.05, 0) is 12.1 Å². The second-order valence-corrected chi connectivity index (χ2v) is 6.41. The van der Waals surface area contributed by atoms with Crippen molar-refractivity contribution < 1.29 is 18.3 Å². The van der Waals surface area contributed by atoms with Crippen molar-refractivity contribution in [2.24, 2.45) is 0 Å². The molecule has 1 heterocycles. The normalized spacial score (nSPS) is 11.4. The van der Waals surface area contributed by atoms with E-state index in [0.717, 1.165) is 4.68 Å². The molecule has 0 spiro atoms. The number of hydrogen-bond donors (Lipinski definition) is 1. The Morgan fingerprint density at radius 2 is 2.05 bits per heavy atom. The van der Waals surface area contributed by atoms with Crippen molar-refractivity contribution in [1.29, 1.82) is 0 Å². The summed E-state index contributed by atoms with van der Waals surface area (Å²) in [4.78, 5) is 10.7. The van der Waals surface area contributed by atoms with E-state index in [1.165, 1.54) is 18.3 Å². The molecular formula is C11H10ClN3O4S. The van der Waals surface area contributed by atoms with Crippen LogP contribution in [0.25, 0.3) is 0 Å². The standard InChI is InChI=1S/C11H10ClN3O4S/c12-8-3-1-2-4-10(8)20(18,19)6-5-15-7-9(11(16)17)13-14-15/h1-4,7H,5-6H2,(H,16,17). The van der Waals surface area contributed by atoms with Crippen LogP contribution in [0, 0.1) is 0 Å². The molecule has 9 heteroatoms. The zero-order valence-electron chi connectivity index (χ0n) is 10.1. The van der Waals surface area contributed by atoms with Gasteiger partial charge in [0, 0.05) is 0 Å². The fraction of sp³-hybridized carbons (Fsp3) is 0.182. The topological polar surface area (TPSA) is 102 Å². The number of sulfone groups is 1. The number of aryl methyl sites for hydroxylation is 1. The van der Waals surface area contributed by atoms with Gasteiger partial charge in [-0.15, -0.1) is 5.10 Å². The van der Waals surface area contributed by atoms with Crippen LogP contribution in [0.4, 0.5) is 0 Å². The molecule has 0 amide bonds. The van der Waals surface area contributed by atoms with E-state index < -0.39 is 15.8 Å². The number of halogens is 1. The monoisotopic (exact) mass is 315 g/mol. The highest BCUT2D eigenvalue weighted by molar-refractivity contribution is 7.91. The molecule has 0 saturated carbocycles. The molecule has 106 valence electrons. The van der Waals surface area contributed by atoms with E-state index in [2.05, 4.69) is 10.3 Å². The highest BCUT2D eigenvalue weighted by Gasteiger charge is 2.18. The van der Waals surface area contributed by atoms with Crippen LogP contribution >= 0.6 is 11.6 Å². The van der Waals surface area contributed by atoms with Gasteiger partial charge in [-0.1, -0.05) is 28.9 Å². The second-order valence-electron chi connectivity index (χ2n) is 3.92. The molecule has 0 saturated heterocycles. The summed E-state index contributed by atoms with van der Waals surface area (Å²) >= 11 is 5.84. The van der Waals surface area contributed by atoms with Gasteiger partial charge in [0.05, 0.1) is 28.4 Å². The number of aromatic nitrogens is 3. The lowest BCUT2D eigenvalue weighted by Crippen LogP contribution is -2.14. The summed E-state index contributed by atoms with van der Waals surface area (Å²) < 4.78 is 25.4. The molecule has 1 aromatic heterocycles. The molecule has 0 aliphatic rings. The lowest BCUT2D eigenvalue weighted by atomic mass is 10.4. The minimum atomic E-state index is -3.57. The maximum atomic E-state index is 12.1. The van der Waals surface area contributed by atoms with Gasteiger partial charge in [-0.3, -0.25) is 4.68 Å². The van der Waals surface area contributed by atoms with Gasteiger partial charge in [0.15, 0.2) is 15.5 Å². The van der Waals surface area contributed by atoms with Crippen molar-refractivity contribution in [2.45, 2.75) is 11.4 Å². The van der Waals surface area contributed by atoms with Crippen LogP contribution in [-0.2, 0) is 16.4 Å². The SMILES string of the molecule is O=C(O)c1cn(CCS(=O)(=O)c2ccccc2Cl)nn1. The molecule has 20 heavy (non-hydrogen) atoms. The first-order valence-electron chi connectivity index (χ1n) is 5.51. The van der Waals surface area contributed by atoms with Gasteiger partial charge in [-0.25, -0.2) is 13.2 Å². The summed E-state index contributed by atoms with van der Waals surface area (Å²) in [6.45, 7) is -0.00611. The average molecular weight is 316 g/mol. The van der Waals surface area contributed by atoms with Crippen LogP contribution in [0.1, 0.15) is 10.5 Å². The van der Waals surface area contributed by atoms with Crippen LogP contribution in [0.3, 0.4) is 0 Å². The quantitative estimate of drug-likeness (QED) is 0.886. The Bertz CT molecular complexity index is 742. The predicted octanol–water partition coefficient (Wildman–Crippen LogP) is 1.10. The summed E-state index contributed by atoms with van der Waals surface area (Å²) in [6, 6.07) is 6.13. The molecule has 0 bridgehead atoms. The van der Waals surface area contributed by atoms with E-state index >= 15 is 0 Å². The van der Waals surface area contributed by atoms with Crippen molar-refractivity contribution in [3.8, 4) is 0 Å². The lowest BCUT2D eigenvalue weighted by Gasteiger charge is -2.05. The highest BCUT2D eigenvalue weighted by atomic mass is 35.5. The van der Waals surface area contributed by atoms with E-state index in [1.807, 2.05) is 0 Å². The fourth-order valence-corrected chi connectivity index (χ4v) is 3.31. The third kappa shape index (κ3) is 3.14. The van der Waals surface area contributed by atoms with Crippen molar-refractivity contribution in [3.63, 3.8) is 0 Å². The average Bonchev–Trinajstić information content (AvgIpc) is 2.86. The molecule has 7 nitrogen and oxygen atoms in total. The molecule has 0 radical (unpaired) electrons. The number of carboxylic acid groups (broad SMARTS) is 1. The molecule has 0 atom stereocenters. The first-order chi connectivity index (χ1) is 9.40. The van der Waals surface area contributed by atoms with Crippen LogP contribution in [0.15, 0.2) is 35.4 Å². The van der Waals surface area contributed by atoms with Crippen molar-refractivity contribution in [1.82, 2.24) is 15.0 Å².